The third-order valence-corrected chi connectivity index (χ3v) is 4.98. The molecule has 0 amide bonds. The summed E-state index contributed by atoms with van der Waals surface area (Å²) in [6.45, 7) is 4.83. The van der Waals surface area contributed by atoms with E-state index in [1.807, 2.05) is 76.0 Å². The molecule has 0 unspecified atom stereocenters. The van der Waals surface area contributed by atoms with Crippen LogP contribution in [-0.2, 0) is 18.9 Å². The average Bonchev–Trinajstić information content (AvgIpc) is 3.29. The van der Waals surface area contributed by atoms with Crippen LogP contribution < -0.4 is 4.74 Å². The Bertz CT molecular complexity index is 1010. The molecule has 0 atom stereocenters. The molecule has 0 saturated carbocycles. The van der Waals surface area contributed by atoms with Crippen LogP contribution in [0.4, 0.5) is 0 Å². The average molecular weight is 377 g/mol. The van der Waals surface area contributed by atoms with Crippen LogP contribution in [0.2, 0.25) is 0 Å². The molecule has 7 heteroatoms. The van der Waals surface area contributed by atoms with Gasteiger partial charge in [-0.05, 0) is 24.3 Å². The van der Waals surface area contributed by atoms with Crippen molar-refractivity contribution in [2.24, 2.45) is 0 Å². The number of allylic oxidation sites excluding steroid dienone is 1. The first-order chi connectivity index (χ1) is 13.3. The summed E-state index contributed by atoms with van der Waals surface area (Å²) in [6.07, 6.45) is 5.87. The number of hydrogen-bond donors (Lipinski definition) is 0. The monoisotopic (exact) mass is 377 g/mol. The molecule has 0 aliphatic heterocycles. The number of aromatic nitrogens is 5. The van der Waals surface area contributed by atoms with Crippen LogP contribution in [0.5, 0.6) is 5.75 Å². The third kappa shape index (κ3) is 4.03. The summed E-state index contributed by atoms with van der Waals surface area (Å²) < 4.78 is 9.85. The molecule has 0 radical (unpaired) electrons. The molecule has 3 heterocycles. The minimum absolute atomic E-state index is 0.361. The molecule has 0 saturated heterocycles. The zero-order valence-electron chi connectivity index (χ0n) is 14.7. The first-order valence-corrected chi connectivity index (χ1v) is 9.58. The normalized spacial score (nSPS) is 11.0. The topological polar surface area (TPSA) is 57.2 Å². The fourth-order valence-corrected chi connectivity index (χ4v) is 3.56. The number of ether oxygens (including phenoxy) is 1. The maximum atomic E-state index is 5.81. The Morgan fingerprint density at radius 1 is 1.07 bits per heavy atom. The van der Waals surface area contributed by atoms with Crippen LogP contribution in [0.15, 0.2) is 78.7 Å². The second-order valence-corrected chi connectivity index (χ2v) is 6.83. The highest BCUT2D eigenvalue weighted by molar-refractivity contribution is 7.98. The molecule has 0 aliphatic rings. The molecular formula is C20H19N5OS. The zero-order chi connectivity index (χ0) is 18.5. The largest absolute Gasteiger partial charge is 0.486 e. The van der Waals surface area contributed by atoms with Gasteiger partial charge in [-0.3, -0.25) is 4.57 Å². The number of hydrogen-bond acceptors (Lipinski definition) is 5. The van der Waals surface area contributed by atoms with Gasteiger partial charge in [0.15, 0.2) is 11.0 Å². The van der Waals surface area contributed by atoms with E-state index in [0.29, 0.717) is 13.2 Å². The highest BCUT2D eigenvalue weighted by Crippen LogP contribution is 2.22. The van der Waals surface area contributed by atoms with E-state index >= 15 is 0 Å². The fourth-order valence-electron chi connectivity index (χ4n) is 2.70. The van der Waals surface area contributed by atoms with Gasteiger partial charge < -0.3 is 9.14 Å². The number of thioether (sulfide) groups is 1. The van der Waals surface area contributed by atoms with E-state index in [2.05, 4.69) is 21.8 Å². The molecule has 136 valence electrons. The number of pyridine rings is 1. The quantitative estimate of drug-likeness (QED) is 0.343. The van der Waals surface area contributed by atoms with Crippen molar-refractivity contribution in [2.45, 2.75) is 24.1 Å². The summed E-state index contributed by atoms with van der Waals surface area (Å²) in [4.78, 5) is 4.63. The Balaban J connectivity index is 1.46. The minimum atomic E-state index is 0.361. The highest BCUT2D eigenvalue weighted by atomic mass is 32.2. The molecule has 6 nitrogen and oxygen atoms in total. The van der Waals surface area contributed by atoms with E-state index in [0.717, 1.165) is 33.8 Å². The predicted molar refractivity (Wildman–Crippen MR) is 106 cm³/mol. The Morgan fingerprint density at radius 3 is 2.74 bits per heavy atom. The third-order valence-electron chi connectivity index (χ3n) is 3.98. The number of nitrogens with zero attached hydrogens (tertiary/aromatic N) is 5. The standard InChI is InChI=1S/C20H19N5OS/c1-2-11-25-19(14-26-17-8-4-3-5-9-17)22-23-20(25)27-15-16-13-24-12-7-6-10-18(24)21-16/h2-10,12-13H,1,11,14-15H2. The van der Waals surface area contributed by atoms with Crippen molar-refractivity contribution in [1.29, 1.82) is 0 Å². The Hall–Kier alpha value is -3.06. The second-order valence-electron chi connectivity index (χ2n) is 5.89. The molecule has 0 fully saturated rings. The van der Waals surface area contributed by atoms with Crippen LogP contribution in [-0.4, -0.2) is 24.1 Å². The van der Waals surface area contributed by atoms with Gasteiger partial charge in [-0.15, -0.1) is 16.8 Å². The van der Waals surface area contributed by atoms with Crippen molar-refractivity contribution >= 4 is 17.4 Å². The summed E-state index contributed by atoms with van der Waals surface area (Å²) in [5.74, 6) is 2.30. The zero-order valence-corrected chi connectivity index (χ0v) is 15.5. The van der Waals surface area contributed by atoms with Crippen LogP contribution in [0.3, 0.4) is 0 Å². The summed E-state index contributed by atoms with van der Waals surface area (Å²) in [5, 5.41) is 9.46. The van der Waals surface area contributed by atoms with Crippen LogP contribution in [0.25, 0.3) is 5.65 Å². The van der Waals surface area contributed by atoms with E-state index in [4.69, 9.17) is 4.74 Å². The molecule has 3 aromatic heterocycles. The SMILES string of the molecule is C=CCn1c(COc2ccccc2)nnc1SCc1cn2ccccc2n1. The van der Waals surface area contributed by atoms with Gasteiger partial charge in [-0.1, -0.05) is 42.1 Å². The van der Waals surface area contributed by atoms with Crippen molar-refractivity contribution < 1.29 is 4.74 Å². The maximum Gasteiger partial charge on any atom is 0.191 e. The summed E-state index contributed by atoms with van der Waals surface area (Å²) in [7, 11) is 0. The van der Waals surface area contributed by atoms with Gasteiger partial charge in [0.25, 0.3) is 0 Å². The number of rotatable bonds is 8. The van der Waals surface area contributed by atoms with Gasteiger partial charge in [-0.2, -0.15) is 0 Å². The van der Waals surface area contributed by atoms with Crippen molar-refractivity contribution in [2.75, 3.05) is 0 Å². The molecule has 0 bridgehead atoms. The Labute approximate surface area is 161 Å². The van der Waals surface area contributed by atoms with E-state index < -0.39 is 0 Å². The lowest BCUT2D eigenvalue weighted by atomic mass is 10.3. The number of imidazole rings is 1. The van der Waals surface area contributed by atoms with Crippen LogP contribution in [0, 0.1) is 0 Å². The Kier molecular flexibility index (Phi) is 5.20. The number of benzene rings is 1. The van der Waals surface area contributed by atoms with Crippen molar-refractivity contribution in [3.05, 3.63) is 85.1 Å². The predicted octanol–water partition coefficient (Wildman–Crippen LogP) is 3.98. The van der Waals surface area contributed by atoms with E-state index in [1.165, 1.54) is 0 Å². The highest BCUT2D eigenvalue weighted by Gasteiger charge is 2.13. The van der Waals surface area contributed by atoms with E-state index in [1.54, 1.807) is 11.8 Å². The van der Waals surface area contributed by atoms with Crippen LogP contribution >= 0.6 is 11.8 Å². The number of para-hydroxylation sites is 1. The molecule has 27 heavy (non-hydrogen) atoms. The van der Waals surface area contributed by atoms with Crippen molar-refractivity contribution in [3.8, 4) is 5.75 Å². The van der Waals surface area contributed by atoms with Gasteiger partial charge >= 0.3 is 0 Å². The lowest BCUT2D eigenvalue weighted by molar-refractivity contribution is 0.289. The molecule has 0 aliphatic carbocycles. The van der Waals surface area contributed by atoms with Gasteiger partial charge in [0.05, 0.1) is 5.69 Å². The molecule has 4 rings (SSSR count). The van der Waals surface area contributed by atoms with E-state index in [-0.39, 0.29) is 0 Å². The molecule has 1 aromatic carbocycles. The van der Waals surface area contributed by atoms with Gasteiger partial charge in [-0.25, -0.2) is 4.98 Å². The summed E-state index contributed by atoms with van der Waals surface area (Å²) in [6, 6.07) is 15.7. The number of fused-ring (bicyclic) bond motifs is 1. The fraction of sp³-hybridized carbons (Fsp3) is 0.150. The second kappa shape index (κ2) is 8.09. The van der Waals surface area contributed by atoms with Crippen LogP contribution in [0.1, 0.15) is 11.5 Å². The molecule has 0 spiro atoms. The maximum absolute atomic E-state index is 5.81. The lowest BCUT2D eigenvalue weighted by Gasteiger charge is -2.08. The van der Waals surface area contributed by atoms with Gasteiger partial charge in [0, 0.05) is 24.7 Å². The molecule has 4 aromatic rings. The van der Waals surface area contributed by atoms with Crippen molar-refractivity contribution in [1.82, 2.24) is 24.1 Å². The first-order valence-electron chi connectivity index (χ1n) is 8.60. The van der Waals surface area contributed by atoms with Gasteiger partial charge in [0.1, 0.15) is 18.0 Å². The van der Waals surface area contributed by atoms with Gasteiger partial charge in [0.2, 0.25) is 0 Å². The first kappa shape index (κ1) is 17.4. The molecule has 0 N–H and O–H groups in total. The smallest absolute Gasteiger partial charge is 0.191 e. The Morgan fingerprint density at radius 2 is 1.93 bits per heavy atom. The molecular weight excluding hydrogens is 358 g/mol. The van der Waals surface area contributed by atoms with E-state index in [9.17, 15) is 0 Å². The minimum Gasteiger partial charge on any atom is -0.486 e. The summed E-state index contributed by atoms with van der Waals surface area (Å²) >= 11 is 1.61. The summed E-state index contributed by atoms with van der Waals surface area (Å²) in [5.41, 5.74) is 1.94. The van der Waals surface area contributed by atoms with Crippen molar-refractivity contribution in [3.63, 3.8) is 0 Å². The lowest BCUT2D eigenvalue weighted by Crippen LogP contribution is -2.07.